The molecule has 1 saturated carbocycles. The van der Waals surface area contributed by atoms with Gasteiger partial charge in [-0.15, -0.1) is 0 Å². The summed E-state index contributed by atoms with van der Waals surface area (Å²) in [6.07, 6.45) is 0.599. The standard InChI is InChI=1S/C24H28FNO5/c1-29-21-8-15(7-19(25)11-21)12-26-13-17-9-22(27)23(10-18(17)14-26)31-20-5-3-16(4-6-20)24(28)30-2/h3-8,11,17-18,22-23,27H,9-10,12-14H2,1-2H3/t17-,18+,22+,23+/m0/s1. The molecule has 6 nitrogen and oxygen atoms in total. The normalized spacial score (nSPS) is 25.7. The molecular formula is C24H28FNO5. The smallest absolute Gasteiger partial charge is 0.337 e. The van der Waals surface area contributed by atoms with Crippen LogP contribution in [0.5, 0.6) is 11.5 Å². The minimum Gasteiger partial charge on any atom is -0.497 e. The molecule has 0 unspecified atom stereocenters. The van der Waals surface area contributed by atoms with Crippen LogP contribution < -0.4 is 9.47 Å². The van der Waals surface area contributed by atoms with Crippen LogP contribution in [0.3, 0.4) is 0 Å². The molecule has 1 aliphatic carbocycles. The molecule has 166 valence electrons. The lowest BCUT2D eigenvalue weighted by molar-refractivity contribution is -0.0231. The van der Waals surface area contributed by atoms with E-state index in [-0.39, 0.29) is 11.9 Å². The third-order valence-electron chi connectivity index (χ3n) is 6.30. The molecule has 1 aliphatic heterocycles. The predicted molar refractivity (Wildman–Crippen MR) is 113 cm³/mol. The maximum absolute atomic E-state index is 13.8. The number of ether oxygens (including phenoxy) is 3. The fourth-order valence-electron chi connectivity index (χ4n) is 4.79. The summed E-state index contributed by atoms with van der Waals surface area (Å²) in [4.78, 5) is 13.9. The van der Waals surface area contributed by atoms with E-state index >= 15 is 0 Å². The number of likely N-dealkylation sites (tertiary alicyclic amines) is 1. The second-order valence-corrected chi connectivity index (χ2v) is 8.42. The van der Waals surface area contributed by atoms with E-state index in [2.05, 4.69) is 4.90 Å². The summed E-state index contributed by atoms with van der Waals surface area (Å²) >= 11 is 0. The van der Waals surface area contributed by atoms with Crippen molar-refractivity contribution in [3.63, 3.8) is 0 Å². The summed E-state index contributed by atoms with van der Waals surface area (Å²) in [5.74, 6) is 1.26. The van der Waals surface area contributed by atoms with Gasteiger partial charge in [0, 0.05) is 25.7 Å². The Morgan fingerprint density at radius 2 is 1.77 bits per heavy atom. The van der Waals surface area contributed by atoms with Crippen LogP contribution in [0.25, 0.3) is 0 Å². The lowest BCUT2D eigenvalue weighted by Gasteiger charge is -2.35. The number of nitrogens with zero attached hydrogens (tertiary/aromatic N) is 1. The second-order valence-electron chi connectivity index (χ2n) is 8.42. The highest BCUT2D eigenvalue weighted by Crippen LogP contribution is 2.38. The van der Waals surface area contributed by atoms with E-state index in [9.17, 15) is 14.3 Å². The quantitative estimate of drug-likeness (QED) is 0.711. The Morgan fingerprint density at radius 3 is 2.45 bits per heavy atom. The van der Waals surface area contributed by atoms with Gasteiger partial charge in [-0.05, 0) is 66.6 Å². The van der Waals surface area contributed by atoms with Crippen LogP contribution in [-0.2, 0) is 11.3 Å². The lowest BCUT2D eigenvalue weighted by Crippen LogP contribution is -2.42. The zero-order valence-corrected chi connectivity index (χ0v) is 17.8. The van der Waals surface area contributed by atoms with Crippen molar-refractivity contribution in [2.24, 2.45) is 11.8 Å². The first-order chi connectivity index (χ1) is 14.9. The fourth-order valence-corrected chi connectivity index (χ4v) is 4.79. The molecule has 1 heterocycles. The van der Waals surface area contributed by atoms with E-state index in [1.165, 1.54) is 20.3 Å². The van der Waals surface area contributed by atoms with Gasteiger partial charge in [0.15, 0.2) is 0 Å². The molecular weight excluding hydrogens is 401 g/mol. The van der Waals surface area contributed by atoms with E-state index in [0.717, 1.165) is 25.1 Å². The molecule has 2 fully saturated rings. The molecule has 2 aromatic carbocycles. The number of esters is 1. The van der Waals surface area contributed by atoms with Crippen LogP contribution in [0, 0.1) is 17.7 Å². The average Bonchev–Trinajstić information content (AvgIpc) is 3.14. The minimum absolute atomic E-state index is 0.292. The molecule has 7 heteroatoms. The first-order valence-electron chi connectivity index (χ1n) is 10.5. The Balaban J connectivity index is 1.36. The molecule has 1 saturated heterocycles. The Labute approximate surface area is 181 Å². The van der Waals surface area contributed by atoms with Crippen molar-refractivity contribution >= 4 is 5.97 Å². The zero-order valence-electron chi connectivity index (χ0n) is 17.8. The van der Waals surface area contributed by atoms with Crippen LogP contribution in [-0.4, -0.2) is 55.5 Å². The largest absolute Gasteiger partial charge is 0.497 e. The van der Waals surface area contributed by atoms with E-state index in [1.54, 1.807) is 30.3 Å². The predicted octanol–water partition coefficient (Wildman–Crippen LogP) is 3.27. The number of methoxy groups -OCH3 is 2. The Kier molecular flexibility index (Phi) is 6.43. The lowest BCUT2D eigenvalue weighted by atomic mass is 9.78. The molecule has 0 amide bonds. The van der Waals surface area contributed by atoms with Crippen LogP contribution in [0.4, 0.5) is 4.39 Å². The summed E-state index contributed by atoms with van der Waals surface area (Å²) in [5, 5.41) is 10.7. The first kappa shape index (κ1) is 21.6. The molecule has 0 bridgehead atoms. The topological polar surface area (TPSA) is 68.2 Å². The molecule has 0 spiro atoms. The average molecular weight is 429 g/mol. The monoisotopic (exact) mass is 429 g/mol. The molecule has 2 aliphatic rings. The summed E-state index contributed by atoms with van der Waals surface area (Å²) in [7, 11) is 2.88. The molecule has 31 heavy (non-hydrogen) atoms. The Bertz CT molecular complexity index is 919. The minimum atomic E-state index is -0.546. The van der Waals surface area contributed by atoms with Gasteiger partial charge in [-0.2, -0.15) is 0 Å². The molecule has 2 aromatic rings. The summed E-state index contributed by atoms with van der Waals surface area (Å²) in [6, 6.07) is 11.6. The van der Waals surface area contributed by atoms with E-state index in [4.69, 9.17) is 14.2 Å². The number of carbonyl (C=O) groups excluding carboxylic acids is 1. The van der Waals surface area contributed by atoms with E-state index in [0.29, 0.717) is 41.9 Å². The third kappa shape index (κ3) is 4.99. The number of benzene rings is 2. The molecule has 0 aromatic heterocycles. The highest BCUT2D eigenvalue weighted by atomic mass is 19.1. The van der Waals surface area contributed by atoms with Gasteiger partial charge < -0.3 is 19.3 Å². The van der Waals surface area contributed by atoms with Crippen molar-refractivity contribution in [3.8, 4) is 11.5 Å². The van der Waals surface area contributed by atoms with Crippen LogP contribution in [0.2, 0.25) is 0 Å². The summed E-state index contributed by atoms with van der Waals surface area (Å²) < 4.78 is 29.7. The number of aliphatic hydroxyl groups excluding tert-OH is 1. The van der Waals surface area contributed by atoms with E-state index in [1.807, 2.05) is 6.07 Å². The number of carbonyl (C=O) groups is 1. The van der Waals surface area contributed by atoms with Crippen molar-refractivity contribution in [3.05, 3.63) is 59.4 Å². The second kappa shape index (κ2) is 9.24. The van der Waals surface area contributed by atoms with Gasteiger partial charge >= 0.3 is 5.97 Å². The molecule has 0 radical (unpaired) electrons. The Hall–Kier alpha value is -2.64. The SMILES string of the molecule is COC(=O)c1ccc(O[C@@H]2C[C@@H]3CN(Cc4cc(F)cc(OC)c4)C[C@@H]3C[C@H]2O)cc1. The van der Waals surface area contributed by atoms with Crippen molar-refractivity contribution in [1.82, 2.24) is 4.90 Å². The highest BCUT2D eigenvalue weighted by molar-refractivity contribution is 5.89. The maximum atomic E-state index is 13.8. The number of fused-ring (bicyclic) bond motifs is 1. The van der Waals surface area contributed by atoms with Crippen LogP contribution >= 0.6 is 0 Å². The van der Waals surface area contributed by atoms with Crippen molar-refractivity contribution in [2.45, 2.75) is 31.6 Å². The summed E-state index contributed by atoms with van der Waals surface area (Å²) in [6.45, 7) is 2.41. The fraction of sp³-hybridized carbons (Fsp3) is 0.458. The molecule has 4 rings (SSSR count). The first-order valence-corrected chi connectivity index (χ1v) is 10.5. The van der Waals surface area contributed by atoms with Crippen molar-refractivity contribution in [1.29, 1.82) is 0 Å². The Morgan fingerprint density at radius 1 is 1.06 bits per heavy atom. The number of aliphatic hydroxyl groups is 1. The van der Waals surface area contributed by atoms with Gasteiger partial charge in [-0.3, -0.25) is 4.90 Å². The highest BCUT2D eigenvalue weighted by Gasteiger charge is 2.42. The number of hydrogen-bond acceptors (Lipinski definition) is 6. The third-order valence-corrected chi connectivity index (χ3v) is 6.30. The van der Waals surface area contributed by atoms with Gasteiger partial charge in [-0.25, -0.2) is 9.18 Å². The maximum Gasteiger partial charge on any atom is 0.337 e. The van der Waals surface area contributed by atoms with Crippen LogP contribution in [0.1, 0.15) is 28.8 Å². The van der Waals surface area contributed by atoms with Gasteiger partial charge in [0.25, 0.3) is 0 Å². The number of halogens is 1. The number of hydrogen-bond donors (Lipinski definition) is 1. The molecule has 4 atom stereocenters. The van der Waals surface area contributed by atoms with Crippen molar-refractivity contribution < 1.29 is 28.5 Å². The molecule has 1 N–H and O–H groups in total. The van der Waals surface area contributed by atoms with Gasteiger partial charge in [-0.1, -0.05) is 0 Å². The van der Waals surface area contributed by atoms with Gasteiger partial charge in [0.1, 0.15) is 23.4 Å². The van der Waals surface area contributed by atoms with Gasteiger partial charge in [0.05, 0.1) is 25.9 Å². The number of rotatable bonds is 6. The van der Waals surface area contributed by atoms with E-state index < -0.39 is 12.1 Å². The van der Waals surface area contributed by atoms with Crippen LogP contribution in [0.15, 0.2) is 42.5 Å². The van der Waals surface area contributed by atoms with Gasteiger partial charge in [0.2, 0.25) is 0 Å². The summed E-state index contributed by atoms with van der Waals surface area (Å²) in [5.41, 5.74) is 1.34. The van der Waals surface area contributed by atoms with Crippen molar-refractivity contribution in [2.75, 3.05) is 27.3 Å². The zero-order chi connectivity index (χ0) is 22.0.